The van der Waals surface area contributed by atoms with Gasteiger partial charge in [-0.15, -0.1) is 0 Å². The highest BCUT2D eigenvalue weighted by Crippen LogP contribution is 2.31. The predicted molar refractivity (Wildman–Crippen MR) is 75.8 cm³/mol. The van der Waals surface area contributed by atoms with Crippen molar-refractivity contribution in [3.8, 4) is 11.5 Å². The smallest absolute Gasteiger partial charge is 0.326 e. The zero-order valence-corrected chi connectivity index (χ0v) is 12.5. The maximum Gasteiger partial charge on any atom is 0.326 e. The third kappa shape index (κ3) is 2.98. The summed E-state index contributed by atoms with van der Waals surface area (Å²) in [4.78, 5) is 25.0. The highest BCUT2D eigenvalue weighted by molar-refractivity contribution is 5.97. The number of carbonyl (C=O) groups is 2. The van der Waals surface area contributed by atoms with Crippen LogP contribution in [-0.2, 0) is 4.79 Å². The minimum atomic E-state index is -1.08. The Labute approximate surface area is 127 Å². The van der Waals surface area contributed by atoms with Crippen molar-refractivity contribution in [3.63, 3.8) is 0 Å². The molecule has 0 radical (unpaired) electrons. The number of carbonyl (C=O) groups excluding carboxylic acids is 1. The number of hydrogen-bond acceptors (Lipinski definition) is 4. The summed E-state index contributed by atoms with van der Waals surface area (Å²) >= 11 is 0. The summed E-state index contributed by atoms with van der Waals surface area (Å²) in [6, 6.07) is 1.38. The Morgan fingerprint density at radius 3 is 2.45 bits per heavy atom. The normalized spacial score (nSPS) is 18.0. The van der Waals surface area contributed by atoms with Crippen LogP contribution in [0.4, 0.5) is 4.39 Å². The van der Waals surface area contributed by atoms with E-state index >= 15 is 0 Å². The van der Waals surface area contributed by atoms with E-state index in [9.17, 15) is 19.1 Å². The van der Waals surface area contributed by atoms with Gasteiger partial charge in [-0.3, -0.25) is 4.79 Å². The minimum absolute atomic E-state index is 0.171. The lowest BCUT2D eigenvalue weighted by atomic mass is 10.0. The molecule has 1 aliphatic rings. The standard InChI is InChI=1S/C15H18FNO5/c1-21-12-7-9(10(16)8-13(12)22-2)14(18)17-6-4-3-5-11(17)15(19)20/h7-8,11H,3-6H2,1-2H3,(H,19,20)/t11-/m1/s1. The van der Waals surface area contributed by atoms with Crippen LogP contribution in [0.1, 0.15) is 29.6 Å². The topological polar surface area (TPSA) is 76.1 Å². The average Bonchev–Trinajstić information content (AvgIpc) is 2.53. The van der Waals surface area contributed by atoms with E-state index in [2.05, 4.69) is 0 Å². The molecule has 1 amide bonds. The van der Waals surface area contributed by atoms with Crippen LogP contribution in [0.2, 0.25) is 0 Å². The summed E-state index contributed by atoms with van der Waals surface area (Å²) < 4.78 is 24.2. The Bertz CT molecular complexity index is 590. The Morgan fingerprint density at radius 1 is 1.23 bits per heavy atom. The van der Waals surface area contributed by atoms with E-state index in [1.165, 1.54) is 25.2 Å². The van der Waals surface area contributed by atoms with Crippen molar-refractivity contribution >= 4 is 11.9 Å². The van der Waals surface area contributed by atoms with Crippen LogP contribution in [0.3, 0.4) is 0 Å². The van der Waals surface area contributed by atoms with Crippen molar-refractivity contribution in [2.45, 2.75) is 25.3 Å². The summed E-state index contributed by atoms with van der Waals surface area (Å²) in [5.41, 5.74) is -0.217. The molecule has 0 spiro atoms. The molecule has 1 aromatic rings. The molecule has 0 unspecified atom stereocenters. The van der Waals surface area contributed by atoms with Crippen LogP contribution in [-0.4, -0.2) is 48.7 Å². The van der Waals surface area contributed by atoms with Crippen LogP contribution in [0.15, 0.2) is 12.1 Å². The van der Waals surface area contributed by atoms with Crippen molar-refractivity contribution in [2.24, 2.45) is 0 Å². The first-order chi connectivity index (χ1) is 10.5. The number of benzene rings is 1. The van der Waals surface area contributed by atoms with Crippen molar-refractivity contribution in [1.29, 1.82) is 0 Å². The number of amides is 1. The number of rotatable bonds is 4. The quantitative estimate of drug-likeness (QED) is 0.919. The number of likely N-dealkylation sites (tertiary alicyclic amines) is 1. The molecule has 0 aliphatic carbocycles. The summed E-state index contributed by atoms with van der Waals surface area (Å²) in [6.45, 7) is 0.295. The summed E-state index contributed by atoms with van der Waals surface area (Å²) in [7, 11) is 2.74. The zero-order valence-electron chi connectivity index (χ0n) is 12.5. The molecule has 1 aromatic carbocycles. The maximum atomic E-state index is 14.2. The van der Waals surface area contributed by atoms with E-state index in [-0.39, 0.29) is 17.1 Å². The molecule has 120 valence electrons. The highest BCUT2D eigenvalue weighted by atomic mass is 19.1. The minimum Gasteiger partial charge on any atom is -0.493 e. The first-order valence-electron chi connectivity index (χ1n) is 6.95. The van der Waals surface area contributed by atoms with E-state index < -0.39 is 23.7 Å². The molecule has 1 aliphatic heterocycles. The van der Waals surface area contributed by atoms with Crippen molar-refractivity contribution in [2.75, 3.05) is 20.8 Å². The van der Waals surface area contributed by atoms with Crippen LogP contribution in [0, 0.1) is 5.82 Å². The third-order valence-electron chi connectivity index (χ3n) is 3.75. The third-order valence-corrected chi connectivity index (χ3v) is 3.75. The van der Waals surface area contributed by atoms with Gasteiger partial charge < -0.3 is 19.5 Å². The Kier molecular flexibility index (Phi) is 4.85. The number of aliphatic carboxylic acids is 1. The number of piperidine rings is 1. The number of hydrogen-bond donors (Lipinski definition) is 1. The van der Waals surface area contributed by atoms with Gasteiger partial charge >= 0.3 is 5.97 Å². The van der Waals surface area contributed by atoms with E-state index in [4.69, 9.17) is 9.47 Å². The molecule has 1 saturated heterocycles. The predicted octanol–water partition coefficient (Wildman–Crippen LogP) is 1.92. The van der Waals surface area contributed by atoms with E-state index in [1.807, 2.05) is 0 Å². The number of carboxylic acids is 1. The van der Waals surface area contributed by atoms with Gasteiger partial charge in [0.1, 0.15) is 11.9 Å². The van der Waals surface area contributed by atoms with Crippen LogP contribution in [0.5, 0.6) is 11.5 Å². The van der Waals surface area contributed by atoms with Crippen LogP contribution >= 0.6 is 0 Å². The molecular formula is C15H18FNO5. The lowest BCUT2D eigenvalue weighted by molar-refractivity contribution is -0.143. The number of methoxy groups -OCH3 is 2. The number of ether oxygens (including phenoxy) is 2. The lowest BCUT2D eigenvalue weighted by Gasteiger charge is -2.33. The number of carboxylic acid groups (broad SMARTS) is 1. The second-order valence-electron chi connectivity index (χ2n) is 5.04. The van der Waals surface area contributed by atoms with Gasteiger partial charge in [0, 0.05) is 12.6 Å². The van der Waals surface area contributed by atoms with E-state index in [1.54, 1.807) is 0 Å². The average molecular weight is 311 g/mol. The van der Waals surface area contributed by atoms with Gasteiger partial charge in [0.25, 0.3) is 5.91 Å². The molecule has 1 fully saturated rings. The van der Waals surface area contributed by atoms with Crippen molar-refractivity contribution in [1.82, 2.24) is 4.90 Å². The molecular weight excluding hydrogens is 293 g/mol. The molecule has 1 heterocycles. The lowest BCUT2D eigenvalue weighted by Crippen LogP contribution is -2.48. The first kappa shape index (κ1) is 16.1. The zero-order chi connectivity index (χ0) is 16.3. The van der Waals surface area contributed by atoms with Gasteiger partial charge in [-0.2, -0.15) is 0 Å². The molecule has 1 N–H and O–H groups in total. The monoisotopic (exact) mass is 311 g/mol. The van der Waals surface area contributed by atoms with E-state index in [0.29, 0.717) is 19.4 Å². The van der Waals surface area contributed by atoms with Crippen LogP contribution < -0.4 is 9.47 Å². The molecule has 6 nitrogen and oxygen atoms in total. The Hall–Kier alpha value is -2.31. The fourth-order valence-electron chi connectivity index (χ4n) is 2.60. The van der Waals surface area contributed by atoms with E-state index in [0.717, 1.165) is 12.5 Å². The van der Waals surface area contributed by atoms with Gasteiger partial charge in [0.05, 0.1) is 19.8 Å². The second-order valence-corrected chi connectivity index (χ2v) is 5.04. The fourth-order valence-corrected chi connectivity index (χ4v) is 2.60. The second kappa shape index (κ2) is 6.64. The molecule has 0 bridgehead atoms. The van der Waals surface area contributed by atoms with Gasteiger partial charge in [-0.25, -0.2) is 9.18 Å². The molecule has 0 saturated carbocycles. The van der Waals surface area contributed by atoms with Crippen LogP contribution in [0.25, 0.3) is 0 Å². The van der Waals surface area contributed by atoms with Gasteiger partial charge in [0.15, 0.2) is 11.5 Å². The Morgan fingerprint density at radius 2 is 1.86 bits per heavy atom. The van der Waals surface area contributed by atoms with Crippen molar-refractivity contribution in [3.05, 3.63) is 23.5 Å². The highest BCUT2D eigenvalue weighted by Gasteiger charge is 2.34. The maximum absolute atomic E-state index is 14.2. The van der Waals surface area contributed by atoms with Gasteiger partial charge in [-0.05, 0) is 25.3 Å². The molecule has 2 rings (SSSR count). The molecule has 0 aromatic heterocycles. The summed E-state index contributed by atoms with van der Waals surface area (Å²) in [5.74, 6) is -2.10. The first-order valence-corrected chi connectivity index (χ1v) is 6.95. The number of halogens is 1. The SMILES string of the molecule is COc1cc(F)c(C(=O)N2CCCC[C@@H]2C(=O)O)cc1OC. The molecule has 1 atom stereocenters. The Balaban J connectivity index is 2.37. The fraction of sp³-hybridized carbons (Fsp3) is 0.467. The number of nitrogens with zero attached hydrogens (tertiary/aromatic N) is 1. The summed E-state index contributed by atoms with van der Waals surface area (Å²) in [6.07, 6.45) is 1.80. The largest absolute Gasteiger partial charge is 0.493 e. The molecule has 7 heteroatoms. The van der Waals surface area contributed by atoms with Gasteiger partial charge in [0.2, 0.25) is 0 Å². The summed E-state index contributed by atoms with van der Waals surface area (Å²) in [5, 5.41) is 9.22. The molecule has 22 heavy (non-hydrogen) atoms. The van der Waals surface area contributed by atoms with Gasteiger partial charge in [-0.1, -0.05) is 0 Å². The van der Waals surface area contributed by atoms with Crippen molar-refractivity contribution < 1.29 is 28.6 Å².